The average Bonchev–Trinajstić information content (AvgIpc) is 1.83. The van der Waals surface area contributed by atoms with Gasteiger partial charge in [-0.2, -0.15) is 0 Å². The van der Waals surface area contributed by atoms with Crippen LogP contribution in [0.3, 0.4) is 0 Å². The van der Waals surface area contributed by atoms with Crippen LogP contribution in [0.4, 0.5) is 0 Å². The predicted octanol–water partition coefficient (Wildman–Crippen LogP) is 2.98. The molecule has 0 aromatic heterocycles. The largest absolute Gasteiger partial charge is 0.0911 e. The van der Waals surface area contributed by atoms with Crippen molar-refractivity contribution in [2.75, 3.05) is 0 Å². The average molecular weight is 166 g/mol. The molecule has 0 spiro atoms. The van der Waals surface area contributed by atoms with E-state index in [4.69, 9.17) is 12.2 Å². The standard InChI is InChI=1S/C10H14S/c1-5-6-9(11)7-8-10(2,3)4/h5-6H,1-4H3/b6-5-. The maximum absolute atomic E-state index is 4.96. The molecule has 0 saturated heterocycles. The minimum absolute atomic E-state index is 0.0473. The molecule has 0 fully saturated rings. The van der Waals surface area contributed by atoms with Crippen molar-refractivity contribution in [2.45, 2.75) is 27.7 Å². The topological polar surface area (TPSA) is 0 Å². The number of hydrogen-bond acceptors (Lipinski definition) is 1. The molecule has 0 rings (SSSR count). The van der Waals surface area contributed by atoms with E-state index < -0.39 is 0 Å². The van der Waals surface area contributed by atoms with Gasteiger partial charge < -0.3 is 0 Å². The lowest BCUT2D eigenvalue weighted by molar-refractivity contribution is 0.571. The molecule has 0 heterocycles. The number of allylic oxidation sites excluding steroid dienone is 2. The van der Waals surface area contributed by atoms with E-state index in [1.54, 1.807) is 0 Å². The fourth-order valence-electron chi connectivity index (χ4n) is 0.442. The Hall–Kier alpha value is -0.610. The van der Waals surface area contributed by atoms with Gasteiger partial charge in [-0.3, -0.25) is 0 Å². The van der Waals surface area contributed by atoms with Gasteiger partial charge in [0, 0.05) is 5.41 Å². The summed E-state index contributed by atoms with van der Waals surface area (Å²) in [6.45, 7) is 8.14. The summed E-state index contributed by atoms with van der Waals surface area (Å²) in [6, 6.07) is 0. The second kappa shape index (κ2) is 4.31. The van der Waals surface area contributed by atoms with Crippen LogP contribution in [0.15, 0.2) is 12.2 Å². The van der Waals surface area contributed by atoms with Crippen molar-refractivity contribution in [3.05, 3.63) is 12.2 Å². The first kappa shape index (κ1) is 10.4. The molecule has 0 radical (unpaired) electrons. The Morgan fingerprint density at radius 2 is 1.91 bits per heavy atom. The Morgan fingerprint density at radius 3 is 2.27 bits per heavy atom. The molecular weight excluding hydrogens is 152 g/mol. The number of rotatable bonds is 1. The Kier molecular flexibility index (Phi) is 4.07. The van der Waals surface area contributed by atoms with Crippen molar-refractivity contribution in [3.8, 4) is 11.8 Å². The van der Waals surface area contributed by atoms with Gasteiger partial charge in [0.2, 0.25) is 0 Å². The van der Waals surface area contributed by atoms with E-state index in [1.807, 2.05) is 19.1 Å². The smallest absolute Gasteiger partial charge is 0.0872 e. The summed E-state index contributed by atoms with van der Waals surface area (Å²) >= 11 is 4.96. The van der Waals surface area contributed by atoms with Gasteiger partial charge in [-0.05, 0) is 33.8 Å². The minimum Gasteiger partial charge on any atom is -0.0911 e. The van der Waals surface area contributed by atoms with Crippen LogP contribution in [0.2, 0.25) is 0 Å². The van der Waals surface area contributed by atoms with E-state index in [2.05, 4.69) is 32.6 Å². The molecule has 60 valence electrons. The third kappa shape index (κ3) is 7.29. The second-order valence-corrected chi connectivity index (χ2v) is 3.80. The molecule has 0 atom stereocenters. The zero-order chi connectivity index (χ0) is 8.91. The second-order valence-electron chi connectivity index (χ2n) is 3.36. The van der Waals surface area contributed by atoms with E-state index in [0.29, 0.717) is 4.86 Å². The molecule has 0 amide bonds. The number of thiocarbonyl (C=S) groups is 1. The molecule has 0 aromatic rings. The molecule has 1 heteroatoms. The van der Waals surface area contributed by atoms with E-state index in [-0.39, 0.29) is 5.41 Å². The lowest BCUT2D eigenvalue weighted by Gasteiger charge is -2.06. The zero-order valence-corrected chi connectivity index (χ0v) is 8.38. The Morgan fingerprint density at radius 1 is 1.36 bits per heavy atom. The molecule has 0 saturated carbocycles. The SMILES string of the molecule is C/C=C\C(=S)C#CC(C)(C)C. The first-order valence-corrected chi connectivity index (χ1v) is 4.06. The first-order valence-electron chi connectivity index (χ1n) is 3.65. The van der Waals surface area contributed by atoms with Gasteiger partial charge in [0.15, 0.2) is 0 Å². The Balaban J connectivity index is 4.20. The molecule has 0 aliphatic heterocycles. The van der Waals surface area contributed by atoms with Crippen LogP contribution in [-0.2, 0) is 0 Å². The van der Waals surface area contributed by atoms with Crippen LogP contribution in [0.5, 0.6) is 0 Å². The molecule has 0 bridgehead atoms. The quantitative estimate of drug-likeness (QED) is 0.328. The van der Waals surface area contributed by atoms with Crippen molar-refractivity contribution >= 4 is 17.1 Å². The van der Waals surface area contributed by atoms with E-state index in [9.17, 15) is 0 Å². The molecule has 11 heavy (non-hydrogen) atoms. The summed E-state index contributed by atoms with van der Waals surface area (Å²) in [4.78, 5) is 0.711. The summed E-state index contributed by atoms with van der Waals surface area (Å²) in [5.74, 6) is 5.98. The van der Waals surface area contributed by atoms with Gasteiger partial charge >= 0.3 is 0 Å². The van der Waals surface area contributed by atoms with Gasteiger partial charge in [-0.25, -0.2) is 0 Å². The maximum Gasteiger partial charge on any atom is 0.0872 e. The number of hydrogen-bond donors (Lipinski definition) is 0. The highest BCUT2D eigenvalue weighted by atomic mass is 32.1. The molecule has 0 aromatic carbocycles. The highest BCUT2D eigenvalue weighted by Crippen LogP contribution is 2.09. The molecular formula is C10H14S. The normalized spacial score (nSPS) is 10.9. The van der Waals surface area contributed by atoms with Crippen molar-refractivity contribution < 1.29 is 0 Å². The maximum atomic E-state index is 4.96. The van der Waals surface area contributed by atoms with Crippen LogP contribution in [0, 0.1) is 17.3 Å². The van der Waals surface area contributed by atoms with Gasteiger partial charge in [-0.1, -0.05) is 30.1 Å². The molecule has 0 unspecified atom stereocenters. The lowest BCUT2D eigenvalue weighted by atomic mass is 9.98. The van der Waals surface area contributed by atoms with Crippen LogP contribution >= 0.6 is 12.2 Å². The molecule has 0 aliphatic carbocycles. The van der Waals surface area contributed by atoms with E-state index in [0.717, 1.165) is 0 Å². The summed E-state index contributed by atoms with van der Waals surface area (Å²) in [5, 5.41) is 0. The predicted molar refractivity (Wildman–Crippen MR) is 54.6 cm³/mol. The van der Waals surface area contributed by atoms with Crippen LogP contribution in [-0.4, -0.2) is 4.86 Å². The molecule has 0 N–H and O–H groups in total. The molecule has 0 aliphatic rings. The highest BCUT2D eigenvalue weighted by Gasteiger charge is 2.02. The van der Waals surface area contributed by atoms with Crippen molar-refractivity contribution in [1.82, 2.24) is 0 Å². The Labute approximate surface area is 74.7 Å². The van der Waals surface area contributed by atoms with Gasteiger partial charge in [0.25, 0.3) is 0 Å². The van der Waals surface area contributed by atoms with Crippen LogP contribution < -0.4 is 0 Å². The summed E-state index contributed by atoms with van der Waals surface area (Å²) < 4.78 is 0. The summed E-state index contributed by atoms with van der Waals surface area (Å²) in [7, 11) is 0. The summed E-state index contributed by atoms with van der Waals surface area (Å²) in [6.07, 6.45) is 3.74. The fraction of sp³-hybridized carbons (Fsp3) is 0.500. The van der Waals surface area contributed by atoms with Crippen LogP contribution in [0.1, 0.15) is 27.7 Å². The molecule has 0 nitrogen and oxygen atoms in total. The van der Waals surface area contributed by atoms with Gasteiger partial charge in [0.05, 0.1) is 4.86 Å². The van der Waals surface area contributed by atoms with Gasteiger partial charge in [-0.15, -0.1) is 0 Å². The lowest BCUT2D eigenvalue weighted by Crippen LogP contribution is -2.00. The van der Waals surface area contributed by atoms with Crippen molar-refractivity contribution in [1.29, 1.82) is 0 Å². The third-order valence-corrected chi connectivity index (χ3v) is 1.12. The third-order valence-electron chi connectivity index (χ3n) is 0.879. The van der Waals surface area contributed by atoms with Gasteiger partial charge in [0.1, 0.15) is 0 Å². The van der Waals surface area contributed by atoms with Crippen LogP contribution in [0.25, 0.3) is 0 Å². The first-order chi connectivity index (χ1) is 4.95. The van der Waals surface area contributed by atoms with E-state index >= 15 is 0 Å². The minimum atomic E-state index is 0.0473. The summed E-state index contributed by atoms with van der Waals surface area (Å²) in [5.41, 5.74) is 0.0473. The highest BCUT2D eigenvalue weighted by molar-refractivity contribution is 7.81. The zero-order valence-electron chi connectivity index (χ0n) is 7.56. The van der Waals surface area contributed by atoms with E-state index in [1.165, 1.54) is 0 Å². The fourth-order valence-corrected chi connectivity index (χ4v) is 0.629. The monoisotopic (exact) mass is 166 g/mol. The Bertz CT molecular complexity index is 217. The van der Waals surface area contributed by atoms with Crippen molar-refractivity contribution in [3.63, 3.8) is 0 Å². The van der Waals surface area contributed by atoms with Crippen molar-refractivity contribution in [2.24, 2.45) is 5.41 Å².